The zero-order valence-electron chi connectivity index (χ0n) is 16.1. The van der Waals surface area contributed by atoms with Crippen LogP contribution >= 0.6 is 0 Å². The van der Waals surface area contributed by atoms with Crippen LogP contribution in [0.4, 0.5) is 23.8 Å². The predicted octanol–water partition coefficient (Wildman–Crippen LogP) is 3.35. The Morgan fingerprint density at radius 2 is 1.86 bits per heavy atom. The first-order valence-corrected chi connectivity index (χ1v) is 9.15. The lowest BCUT2D eigenvalue weighted by atomic mass is 9.88. The fourth-order valence-corrected chi connectivity index (χ4v) is 3.56. The normalized spacial score (nSPS) is 21.7. The van der Waals surface area contributed by atoms with Gasteiger partial charge < -0.3 is 14.1 Å². The van der Waals surface area contributed by atoms with Crippen molar-refractivity contribution in [1.29, 1.82) is 0 Å². The molecule has 2 atom stereocenters. The van der Waals surface area contributed by atoms with Gasteiger partial charge in [0.2, 0.25) is 5.89 Å². The highest BCUT2D eigenvalue weighted by atomic mass is 19.4. The van der Waals surface area contributed by atoms with Gasteiger partial charge in [-0.3, -0.25) is 4.90 Å². The number of pyridine rings is 1. The third-order valence-electron chi connectivity index (χ3n) is 4.78. The lowest BCUT2D eigenvalue weighted by Gasteiger charge is -2.56. The monoisotopic (exact) mass is 411 g/mol. The van der Waals surface area contributed by atoms with Gasteiger partial charge in [0, 0.05) is 19.3 Å². The number of fused-ring (bicyclic) bond motifs is 2. The van der Waals surface area contributed by atoms with E-state index in [0.717, 1.165) is 6.42 Å². The summed E-state index contributed by atoms with van der Waals surface area (Å²) in [6, 6.07) is 3.38. The number of carbonyl (C=O) groups excluding carboxylic acids is 1. The summed E-state index contributed by atoms with van der Waals surface area (Å²) in [4.78, 5) is 20.5. The SMILES string of the molecule is CC(C)(C)OC(=O)N1[C@@H]2C[C@H]1CN(c1ccc(-c3nnc(C(F)(F)F)o3)cn1)C2. The van der Waals surface area contributed by atoms with Crippen molar-refractivity contribution in [2.75, 3.05) is 18.0 Å². The minimum Gasteiger partial charge on any atom is -0.444 e. The topological polar surface area (TPSA) is 84.6 Å². The molecule has 0 aliphatic carbocycles. The van der Waals surface area contributed by atoms with E-state index in [-0.39, 0.29) is 24.1 Å². The molecule has 5 heterocycles. The maximum atomic E-state index is 12.6. The Balaban J connectivity index is 1.41. The summed E-state index contributed by atoms with van der Waals surface area (Å²) in [5.41, 5.74) is -0.243. The van der Waals surface area contributed by atoms with Crippen LogP contribution in [0.25, 0.3) is 11.5 Å². The first-order valence-electron chi connectivity index (χ1n) is 9.15. The summed E-state index contributed by atoms with van der Waals surface area (Å²) in [6.07, 6.45) is -2.68. The van der Waals surface area contributed by atoms with E-state index in [1.807, 2.05) is 25.7 Å². The summed E-state index contributed by atoms with van der Waals surface area (Å²) >= 11 is 0. The first-order chi connectivity index (χ1) is 13.5. The number of carbonyl (C=O) groups is 1. The minimum absolute atomic E-state index is 0.0513. The van der Waals surface area contributed by atoms with E-state index in [2.05, 4.69) is 19.6 Å². The van der Waals surface area contributed by atoms with Gasteiger partial charge in [0.25, 0.3) is 0 Å². The third kappa shape index (κ3) is 3.85. The van der Waals surface area contributed by atoms with Crippen molar-refractivity contribution in [3.05, 3.63) is 24.2 Å². The Hall–Kier alpha value is -2.85. The number of halogens is 3. The molecule has 0 aromatic carbocycles. The molecule has 3 saturated heterocycles. The first kappa shape index (κ1) is 19.5. The number of amides is 1. The molecule has 1 amide bonds. The lowest BCUT2D eigenvalue weighted by molar-refractivity contribution is -0.156. The van der Waals surface area contributed by atoms with Crippen LogP contribution in [-0.2, 0) is 10.9 Å². The highest BCUT2D eigenvalue weighted by Crippen LogP contribution is 2.36. The van der Waals surface area contributed by atoms with Gasteiger partial charge in [-0.2, -0.15) is 13.2 Å². The number of hydrogen-bond donors (Lipinski definition) is 0. The van der Waals surface area contributed by atoms with Crippen LogP contribution in [0.3, 0.4) is 0 Å². The quantitative estimate of drug-likeness (QED) is 0.749. The van der Waals surface area contributed by atoms with E-state index in [0.29, 0.717) is 24.5 Å². The van der Waals surface area contributed by atoms with Gasteiger partial charge in [-0.05, 0) is 39.3 Å². The van der Waals surface area contributed by atoms with Crippen LogP contribution in [-0.4, -0.2) is 56.9 Å². The Morgan fingerprint density at radius 3 is 2.38 bits per heavy atom. The van der Waals surface area contributed by atoms with E-state index in [9.17, 15) is 18.0 Å². The van der Waals surface area contributed by atoms with Crippen LogP contribution < -0.4 is 4.90 Å². The van der Waals surface area contributed by atoms with Crippen LogP contribution in [0.5, 0.6) is 0 Å². The predicted molar refractivity (Wildman–Crippen MR) is 95.0 cm³/mol. The molecule has 8 nitrogen and oxygen atoms in total. The average molecular weight is 411 g/mol. The molecular formula is C18H20F3N5O3. The standard InChI is InChI=1S/C18H20F3N5O3/c1-17(2,3)29-16(27)26-11-6-12(26)9-25(8-11)13-5-4-10(7-22-13)14-23-24-15(28-14)18(19,20)21/h4-5,7,11-12H,6,8-9H2,1-3H3/t11-,12+. The summed E-state index contributed by atoms with van der Waals surface area (Å²) < 4.78 is 47.9. The number of aromatic nitrogens is 3. The highest BCUT2D eigenvalue weighted by Gasteiger charge is 2.49. The number of rotatable bonds is 2. The zero-order chi connectivity index (χ0) is 21.0. The van der Waals surface area contributed by atoms with E-state index in [1.54, 1.807) is 17.0 Å². The fraction of sp³-hybridized carbons (Fsp3) is 0.556. The van der Waals surface area contributed by atoms with Gasteiger partial charge in [-0.1, -0.05) is 0 Å². The zero-order valence-corrected chi connectivity index (χ0v) is 16.1. The molecule has 0 unspecified atom stereocenters. The average Bonchev–Trinajstić information content (AvgIpc) is 3.10. The molecule has 0 radical (unpaired) electrons. The summed E-state index contributed by atoms with van der Waals surface area (Å²) in [5.74, 6) is -0.966. The number of nitrogens with zero attached hydrogens (tertiary/aromatic N) is 5. The highest BCUT2D eigenvalue weighted by molar-refractivity contribution is 5.71. The Morgan fingerprint density at radius 1 is 1.17 bits per heavy atom. The van der Waals surface area contributed by atoms with Gasteiger partial charge >= 0.3 is 18.2 Å². The third-order valence-corrected chi connectivity index (χ3v) is 4.78. The summed E-state index contributed by atoms with van der Waals surface area (Å²) in [7, 11) is 0. The van der Waals surface area contributed by atoms with Crippen LogP contribution in [0.15, 0.2) is 22.7 Å². The van der Waals surface area contributed by atoms with Gasteiger partial charge in [0.15, 0.2) is 0 Å². The number of alkyl halides is 3. The second-order valence-electron chi connectivity index (χ2n) is 8.15. The molecule has 5 rings (SSSR count). The van der Waals surface area contributed by atoms with Crippen molar-refractivity contribution in [1.82, 2.24) is 20.1 Å². The van der Waals surface area contributed by atoms with Gasteiger partial charge in [0.05, 0.1) is 17.6 Å². The maximum absolute atomic E-state index is 12.6. The molecule has 2 aromatic rings. The van der Waals surface area contributed by atoms with Crippen LogP contribution in [0, 0.1) is 0 Å². The second kappa shape index (κ2) is 6.60. The Kier molecular flexibility index (Phi) is 4.43. The number of ether oxygens (including phenoxy) is 1. The van der Waals surface area contributed by atoms with Crippen LogP contribution in [0.1, 0.15) is 33.1 Å². The van der Waals surface area contributed by atoms with Gasteiger partial charge in [-0.25, -0.2) is 9.78 Å². The second-order valence-corrected chi connectivity index (χ2v) is 8.15. The van der Waals surface area contributed by atoms with Crippen molar-refractivity contribution in [3.8, 4) is 11.5 Å². The molecule has 0 spiro atoms. The smallest absolute Gasteiger partial charge is 0.444 e. The van der Waals surface area contributed by atoms with Gasteiger partial charge in [0.1, 0.15) is 11.4 Å². The van der Waals surface area contributed by atoms with E-state index < -0.39 is 17.7 Å². The molecule has 2 aromatic heterocycles. The van der Waals surface area contributed by atoms with Crippen molar-refractivity contribution in [2.45, 2.75) is 51.1 Å². The molecule has 0 saturated carbocycles. The van der Waals surface area contributed by atoms with E-state index >= 15 is 0 Å². The molecule has 3 fully saturated rings. The van der Waals surface area contributed by atoms with Crippen molar-refractivity contribution in [2.24, 2.45) is 0 Å². The Labute approximate surface area is 164 Å². The fourth-order valence-electron chi connectivity index (χ4n) is 3.56. The molecule has 11 heteroatoms. The Bertz CT molecular complexity index is 895. The lowest BCUT2D eigenvalue weighted by Crippen LogP contribution is -2.70. The number of anilines is 1. The molecule has 0 N–H and O–H groups in total. The molecular weight excluding hydrogens is 391 g/mol. The summed E-state index contributed by atoms with van der Waals surface area (Å²) in [6.45, 7) is 6.72. The summed E-state index contributed by atoms with van der Waals surface area (Å²) in [5, 5.41) is 6.44. The number of piperidine rings is 1. The molecule has 2 bridgehead atoms. The van der Waals surface area contributed by atoms with Crippen LogP contribution in [0.2, 0.25) is 0 Å². The van der Waals surface area contributed by atoms with E-state index in [1.165, 1.54) is 6.20 Å². The number of hydrogen-bond acceptors (Lipinski definition) is 7. The minimum atomic E-state index is -4.69. The van der Waals surface area contributed by atoms with E-state index in [4.69, 9.17) is 4.74 Å². The van der Waals surface area contributed by atoms with Gasteiger partial charge in [-0.15, -0.1) is 10.2 Å². The largest absolute Gasteiger partial charge is 0.470 e. The maximum Gasteiger partial charge on any atom is 0.470 e. The number of piperazine rings is 1. The molecule has 3 aliphatic rings. The van der Waals surface area contributed by atoms with Crippen molar-refractivity contribution >= 4 is 11.9 Å². The molecule has 3 aliphatic heterocycles. The van der Waals surface area contributed by atoms with Crippen molar-refractivity contribution < 1.29 is 27.1 Å². The van der Waals surface area contributed by atoms with Crippen molar-refractivity contribution in [3.63, 3.8) is 0 Å². The molecule has 29 heavy (non-hydrogen) atoms. The molecule has 156 valence electrons.